The third-order valence-electron chi connectivity index (χ3n) is 2.41. The Balaban J connectivity index is 1.85. The van der Waals surface area contributed by atoms with E-state index in [0.717, 1.165) is 5.69 Å². The second kappa shape index (κ2) is 6.82. The monoisotopic (exact) mass is 313 g/mol. The van der Waals surface area contributed by atoms with Gasteiger partial charge in [0.2, 0.25) is 15.2 Å². The molecule has 0 saturated carbocycles. The van der Waals surface area contributed by atoms with E-state index in [2.05, 4.69) is 24.9 Å². The number of hydrogen-bond acceptors (Lipinski definition) is 6. The third kappa shape index (κ3) is 4.29. The van der Waals surface area contributed by atoms with E-state index in [1.54, 1.807) is 13.1 Å². The molecule has 2 N–H and O–H groups in total. The number of aromatic nitrogens is 4. The van der Waals surface area contributed by atoms with Crippen molar-refractivity contribution in [3.8, 4) is 11.5 Å². The van der Waals surface area contributed by atoms with Gasteiger partial charge in [-0.05, 0) is 19.1 Å². The molecule has 2 rings (SSSR count). The van der Waals surface area contributed by atoms with Gasteiger partial charge in [-0.2, -0.15) is 4.98 Å². The lowest BCUT2D eigenvalue weighted by molar-refractivity contribution is 0.585. The van der Waals surface area contributed by atoms with E-state index in [1.807, 2.05) is 18.2 Å². The lowest BCUT2D eigenvalue weighted by Gasteiger charge is -2.01. The molecule has 0 fully saturated rings. The second-order valence-electron chi connectivity index (χ2n) is 3.83. The van der Waals surface area contributed by atoms with Gasteiger partial charge in [0.15, 0.2) is 5.82 Å². The van der Waals surface area contributed by atoms with Crippen LogP contribution in [-0.2, 0) is 10.0 Å². The normalized spacial score (nSPS) is 11.7. The highest BCUT2D eigenvalue weighted by Crippen LogP contribution is 2.16. The van der Waals surface area contributed by atoms with Gasteiger partial charge in [0, 0.05) is 18.5 Å². The number of hydrogen-bond donors (Lipinski definition) is 2. The Labute approximate surface area is 121 Å². The first-order valence-electron chi connectivity index (χ1n) is 6.04. The van der Waals surface area contributed by atoms with Crippen molar-refractivity contribution in [1.29, 1.82) is 0 Å². The number of rotatable bonds is 7. The van der Waals surface area contributed by atoms with Crippen LogP contribution in [0.15, 0.2) is 29.6 Å². The van der Waals surface area contributed by atoms with Gasteiger partial charge in [-0.15, -0.1) is 5.10 Å². The van der Waals surface area contributed by atoms with E-state index in [4.69, 9.17) is 0 Å². The molecule has 0 atom stereocenters. The lowest BCUT2D eigenvalue weighted by atomic mass is 10.3. The van der Waals surface area contributed by atoms with Crippen LogP contribution in [0.1, 0.15) is 6.92 Å². The zero-order valence-corrected chi connectivity index (χ0v) is 12.5. The average molecular weight is 313 g/mol. The molecule has 20 heavy (non-hydrogen) atoms. The Hall–Kier alpha value is -1.45. The summed E-state index contributed by atoms with van der Waals surface area (Å²) in [4.78, 5) is 8.46. The van der Waals surface area contributed by atoms with Gasteiger partial charge in [-0.3, -0.25) is 10.1 Å². The van der Waals surface area contributed by atoms with Crippen LogP contribution >= 0.6 is 11.8 Å². The molecule has 2 heterocycles. The van der Waals surface area contributed by atoms with Gasteiger partial charge in [-0.25, -0.2) is 13.1 Å². The summed E-state index contributed by atoms with van der Waals surface area (Å²) >= 11 is 1.38. The van der Waals surface area contributed by atoms with Crippen molar-refractivity contribution in [2.75, 3.05) is 18.1 Å². The Morgan fingerprint density at radius 3 is 2.95 bits per heavy atom. The van der Waals surface area contributed by atoms with Gasteiger partial charge in [0.1, 0.15) is 5.69 Å². The maximum Gasteiger partial charge on any atom is 0.211 e. The maximum atomic E-state index is 11.2. The fraction of sp³-hybridized carbons (Fsp3) is 0.364. The SMILES string of the molecule is CCS(=O)(=O)NCCSc1n[nH]c(-c2ccccn2)n1. The minimum atomic E-state index is -3.13. The molecule has 0 aromatic carbocycles. The van der Waals surface area contributed by atoms with Crippen molar-refractivity contribution < 1.29 is 8.42 Å². The van der Waals surface area contributed by atoms with Crippen LogP contribution in [-0.4, -0.2) is 46.6 Å². The van der Waals surface area contributed by atoms with Crippen molar-refractivity contribution in [2.24, 2.45) is 0 Å². The van der Waals surface area contributed by atoms with Crippen molar-refractivity contribution in [1.82, 2.24) is 24.9 Å². The zero-order chi connectivity index (χ0) is 14.4. The van der Waals surface area contributed by atoms with Crippen LogP contribution in [0.4, 0.5) is 0 Å². The van der Waals surface area contributed by atoms with Gasteiger partial charge >= 0.3 is 0 Å². The summed E-state index contributed by atoms with van der Waals surface area (Å²) in [7, 11) is -3.13. The summed E-state index contributed by atoms with van der Waals surface area (Å²) in [5.41, 5.74) is 0.721. The fourth-order valence-corrected chi connectivity index (χ4v) is 2.77. The van der Waals surface area contributed by atoms with Crippen LogP contribution in [0.5, 0.6) is 0 Å². The molecule has 9 heteroatoms. The van der Waals surface area contributed by atoms with Crippen LogP contribution in [0, 0.1) is 0 Å². The quantitative estimate of drug-likeness (QED) is 0.582. The van der Waals surface area contributed by atoms with Crippen molar-refractivity contribution in [2.45, 2.75) is 12.1 Å². The number of thioether (sulfide) groups is 1. The zero-order valence-electron chi connectivity index (χ0n) is 10.9. The first-order valence-corrected chi connectivity index (χ1v) is 8.68. The van der Waals surface area contributed by atoms with Gasteiger partial charge in [0.25, 0.3) is 0 Å². The number of nitrogens with zero attached hydrogens (tertiary/aromatic N) is 3. The van der Waals surface area contributed by atoms with E-state index < -0.39 is 10.0 Å². The Morgan fingerprint density at radius 2 is 2.25 bits per heavy atom. The van der Waals surface area contributed by atoms with Crippen LogP contribution in [0.3, 0.4) is 0 Å². The number of aromatic amines is 1. The molecule has 0 bridgehead atoms. The van der Waals surface area contributed by atoms with Crippen molar-refractivity contribution in [3.63, 3.8) is 0 Å². The first kappa shape index (κ1) is 14.9. The van der Waals surface area contributed by atoms with Crippen molar-refractivity contribution in [3.05, 3.63) is 24.4 Å². The number of nitrogens with one attached hydrogen (secondary N) is 2. The van der Waals surface area contributed by atoms with E-state index in [1.165, 1.54) is 11.8 Å². The standard InChI is InChI=1S/C11H15N5O2S2/c1-2-20(17,18)13-7-8-19-11-14-10(15-16-11)9-5-3-4-6-12-9/h3-6,13H,2,7-8H2,1H3,(H,14,15,16). The van der Waals surface area contributed by atoms with E-state index in [9.17, 15) is 8.42 Å². The average Bonchev–Trinajstić information content (AvgIpc) is 2.93. The van der Waals surface area contributed by atoms with Crippen LogP contribution in [0.25, 0.3) is 11.5 Å². The molecule has 108 valence electrons. The highest BCUT2D eigenvalue weighted by Gasteiger charge is 2.08. The minimum Gasteiger partial charge on any atom is -0.257 e. The smallest absolute Gasteiger partial charge is 0.211 e. The molecule has 0 unspecified atom stereocenters. The number of H-pyrrole nitrogens is 1. The summed E-state index contributed by atoms with van der Waals surface area (Å²) in [5.74, 6) is 1.25. The van der Waals surface area contributed by atoms with Gasteiger partial charge < -0.3 is 0 Å². The topological polar surface area (TPSA) is 101 Å². The summed E-state index contributed by atoms with van der Waals surface area (Å²) in [5, 5.41) is 7.43. The number of sulfonamides is 1. The summed E-state index contributed by atoms with van der Waals surface area (Å²) in [6, 6.07) is 5.54. The molecule has 0 aliphatic carbocycles. The predicted octanol–water partition coefficient (Wildman–Crippen LogP) is 0.898. The molecular weight excluding hydrogens is 298 g/mol. The highest BCUT2D eigenvalue weighted by atomic mass is 32.2. The Bertz CT molecular complexity index is 642. The first-order chi connectivity index (χ1) is 9.61. The lowest BCUT2D eigenvalue weighted by Crippen LogP contribution is -2.27. The second-order valence-corrected chi connectivity index (χ2v) is 6.99. The number of pyridine rings is 1. The molecule has 0 aliphatic heterocycles. The predicted molar refractivity (Wildman–Crippen MR) is 77.8 cm³/mol. The Morgan fingerprint density at radius 1 is 1.40 bits per heavy atom. The molecule has 0 saturated heterocycles. The Kier molecular flexibility index (Phi) is 5.10. The van der Waals surface area contributed by atoms with E-state index in [0.29, 0.717) is 23.3 Å². The maximum absolute atomic E-state index is 11.2. The molecule has 2 aromatic heterocycles. The van der Waals surface area contributed by atoms with Crippen molar-refractivity contribution >= 4 is 21.8 Å². The van der Waals surface area contributed by atoms with Crippen LogP contribution < -0.4 is 4.72 Å². The molecule has 0 radical (unpaired) electrons. The molecule has 7 nitrogen and oxygen atoms in total. The molecule has 0 aliphatic rings. The third-order valence-corrected chi connectivity index (χ3v) is 4.66. The van der Waals surface area contributed by atoms with Gasteiger partial charge in [0.05, 0.1) is 5.75 Å². The van der Waals surface area contributed by atoms with E-state index >= 15 is 0 Å². The fourth-order valence-electron chi connectivity index (χ4n) is 1.37. The largest absolute Gasteiger partial charge is 0.257 e. The van der Waals surface area contributed by atoms with Crippen LogP contribution in [0.2, 0.25) is 0 Å². The molecule has 2 aromatic rings. The summed E-state index contributed by atoms with van der Waals surface area (Å²) in [6.45, 7) is 1.96. The molecule has 0 amide bonds. The molecular formula is C11H15N5O2S2. The minimum absolute atomic E-state index is 0.0855. The summed E-state index contributed by atoms with van der Waals surface area (Å²) < 4.78 is 25.0. The molecule has 0 spiro atoms. The summed E-state index contributed by atoms with van der Waals surface area (Å²) in [6.07, 6.45) is 1.68. The van der Waals surface area contributed by atoms with Gasteiger partial charge in [-0.1, -0.05) is 17.8 Å². The highest BCUT2D eigenvalue weighted by molar-refractivity contribution is 7.99. The van der Waals surface area contributed by atoms with E-state index in [-0.39, 0.29) is 5.75 Å².